The zero-order chi connectivity index (χ0) is 15.8. The Kier molecular flexibility index (Phi) is 7.40. The monoisotopic (exact) mass is 292 g/mol. The number of benzene rings is 1. The fraction of sp³-hybridized carbons (Fsp3) is 0.588. The summed E-state index contributed by atoms with van der Waals surface area (Å²) in [6, 6.07) is 8.66. The van der Waals surface area contributed by atoms with Crippen molar-refractivity contribution in [1.82, 2.24) is 9.80 Å². The number of rotatable bonds is 9. The van der Waals surface area contributed by atoms with Crippen LogP contribution in [0.3, 0.4) is 0 Å². The average molecular weight is 292 g/mol. The first-order chi connectivity index (χ1) is 9.93. The molecule has 0 fully saturated rings. The van der Waals surface area contributed by atoms with Gasteiger partial charge in [0.15, 0.2) is 0 Å². The molecule has 1 aromatic rings. The number of nitrogens with zero attached hydrogens (tertiary/aromatic N) is 2. The van der Waals surface area contributed by atoms with Gasteiger partial charge in [-0.2, -0.15) is 0 Å². The molecule has 0 heterocycles. The van der Waals surface area contributed by atoms with Gasteiger partial charge < -0.3 is 10.0 Å². The second-order valence-corrected chi connectivity index (χ2v) is 5.84. The summed E-state index contributed by atoms with van der Waals surface area (Å²) in [6.07, 6.45) is 2.23. The van der Waals surface area contributed by atoms with E-state index in [-0.39, 0.29) is 12.6 Å². The molecular weight excluding hydrogens is 264 g/mol. The number of hydrogen-bond acceptors (Lipinski definition) is 3. The van der Waals surface area contributed by atoms with E-state index in [2.05, 4.69) is 43.0 Å². The fourth-order valence-corrected chi connectivity index (χ4v) is 2.37. The summed E-state index contributed by atoms with van der Waals surface area (Å²) in [6.45, 7) is 5.92. The van der Waals surface area contributed by atoms with Gasteiger partial charge in [-0.05, 0) is 38.6 Å². The molecule has 0 aliphatic heterocycles. The van der Waals surface area contributed by atoms with Crippen molar-refractivity contribution < 1.29 is 9.90 Å². The zero-order valence-corrected chi connectivity index (χ0v) is 13.7. The van der Waals surface area contributed by atoms with Gasteiger partial charge in [0.1, 0.15) is 0 Å². The highest BCUT2D eigenvalue weighted by molar-refractivity contribution is 5.69. The van der Waals surface area contributed by atoms with Crippen LogP contribution in [0.15, 0.2) is 24.3 Å². The second kappa shape index (κ2) is 8.80. The number of carboxylic acid groups (broad SMARTS) is 1. The molecule has 1 atom stereocenters. The molecule has 21 heavy (non-hydrogen) atoms. The summed E-state index contributed by atoms with van der Waals surface area (Å²) in [7, 11) is 4.01. The maximum atomic E-state index is 11.1. The predicted molar refractivity (Wildman–Crippen MR) is 86.6 cm³/mol. The molecule has 0 spiro atoms. The number of aliphatic carboxylic acids is 1. The first kappa shape index (κ1) is 17.7. The van der Waals surface area contributed by atoms with Crippen LogP contribution in [0.2, 0.25) is 0 Å². The minimum Gasteiger partial charge on any atom is -0.480 e. The topological polar surface area (TPSA) is 43.8 Å². The standard InChI is InChI=1S/C17H28N2O2/c1-5-6-15-7-9-16(10-8-15)14(2)19(13-17(20)21)12-11-18(3)4/h7-10,14H,5-6,11-13H2,1-4H3,(H,20,21). The Hall–Kier alpha value is -1.39. The van der Waals surface area contributed by atoms with Crippen molar-refractivity contribution in [2.24, 2.45) is 0 Å². The lowest BCUT2D eigenvalue weighted by atomic mass is 10.0. The van der Waals surface area contributed by atoms with Gasteiger partial charge in [0.05, 0.1) is 6.54 Å². The van der Waals surface area contributed by atoms with Crippen LogP contribution in [-0.2, 0) is 11.2 Å². The Morgan fingerprint density at radius 3 is 2.29 bits per heavy atom. The first-order valence-corrected chi connectivity index (χ1v) is 7.63. The quantitative estimate of drug-likeness (QED) is 0.760. The molecule has 1 aromatic carbocycles. The third-order valence-corrected chi connectivity index (χ3v) is 3.72. The van der Waals surface area contributed by atoms with Gasteiger partial charge in [-0.15, -0.1) is 0 Å². The van der Waals surface area contributed by atoms with Gasteiger partial charge in [0.25, 0.3) is 0 Å². The molecule has 1 N–H and O–H groups in total. The summed E-state index contributed by atoms with van der Waals surface area (Å²) in [5.74, 6) is -0.775. The van der Waals surface area contributed by atoms with Gasteiger partial charge in [0, 0.05) is 19.1 Å². The highest BCUT2D eigenvalue weighted by atomic mass is 16.4. The SMILES string of the molecule is CCCc1ccc(C(C)N(CCN(C)C)CC(=O)O)cc1. The van der Waals surface area contributed by atoms with E-state index in [1.165, 1.54) is 11.1 Å². The van der Waals surface area contributed by atoms with Crippen molar-refractivity contribution in [2.75, 3.05) is 33.7 Å². The molecule has 0 radical (unpaired) electrons. The highest BCUT2D eigenvalue weighted by Gasteiger charge is 2.18. The van der Waals surface area contributed by atoms with Crippen molar-refractivity contribution in [1.29, 1.82) is 0 Å². The Bertz CT molecular complexity index is 429. The number of carbonyl (C=O) groups is 1. The van der Waals surface area contributed by atoms with E-state index in [0.717, 1.165) is 25.9 Å². The third kappa shape index (κ3) is 6.27. The molecule has 4 nitrogen and oxygen atoms in total. The van der Waals surface area contributed by atoms with Crippen molar-refractivity contribution >= 4 is 5.97 Å². The van der Waals surface area contributed by atoms with E-state index < -0.39 is 5.97 Å². The molecular formula is C17H28N2O2. The van der Waals surface area contributed by atoms with Gasteiger partial charge in [0.2, 0.25) is 0 Å². The zero-order valence-electron chi connectivity index (χ0n) is 13.7. The molecule has 0 aliphatic carbocycles. The molecule has 1 rings (SSSR count). The Labute approximate surface area is 128 Å². The van der Waals surface area contributed by atoms with Crippen LogP contribution in [0.1, 0.15) is 37.4 Å². The van der Waals surface area contributed by atoms with Crippen molar-refractivity contribution in [2.45, 2.75) is 32.7 Å². The molecule has 0 aliphatic rings. The first-order valence-electron chi connectivity index (χ1n) is 7.63. The fourth-order valence-electron chi connectivity index (χ4n) is 2.37. The lowest BCUT2D eigenvalue weighted by Gasteiger charge is -2.29. The molecule has 0 bridgehead atoms. The van der Waals surface area contributed by atoms with Gasteiger partial charge in [-0.3, -0.25) is 9.69 Å². The lowest BCUT2D eigenvalue weighted by molar-refractivity contribution is -0.138. The summed E-state index contributed by atoms with van der Waals surface area (Å²) in [4.78, 5) is 15.2. The van der Waals surface area contributed by atoms with Gasteiger partial charge in [-0.25, -0.2) is 0 Å². The summed E-state index contributed by atoms with van der Waals surface area (Å²) in [5.41, 5.74) is 2.52. The summed E-state index contributed by atoms with van der Waals surface area (Å²) >= 11 is 0. The molecule has 4 heteroatoms. The number of carboxylic acids is 1. The van der Waals surface area contributed by atoms with E-state index in [0.29, 0.717) is 0 Å². The maximum absolute atomic E-state index is 11.1. The van der Waals surface area contributed by atoms with E-state index in [4.69, 9.17) is 5.11 Å². The van der Waals surface area contributed by atoms with Crippen LogP contribution >= 0.6 is 0 Å². The number of likely N-dealkylation sites (N-methyl/N-ethyl adjacent to an activating group) is 1. The second-order valence-electron chi connectivity index (χ2n) is 5.84. The van der Waals surface area contributed by atoms with Crippen LogP contribution in [0.4, 0.5) is 0 Å². The molecule has 0 amide bonds. The predicted octanol–water partition coefficient (Wildman–Crippen LogP) is 2.65. The van der Waals surface area contributed by atoms with Crippen LogP contribution in [0.25, 0.3) is 0 Å². The molecule has 1 unspecified atom stereocenters. The lowest BCUT2D eigenvalue weighted by Crippen LogP contribution is -2.37. The molecule has 0 saturated heterocycles. The minimum absolute atomic E-state index is 0.0751. The summed E-state index contributed by atoms with van der Waals surface area (Å²) in [5, 5.41) is 9.10. The maximum Gasteiger partial charge on any atom is 0.317 e. The van der Waals surface area contributed by atoms with E-state index >= 15 is 0 Å². The van der Waals surface area contributed by atoms with E-state index in [9.17, 15) is 4.79 Å². The normalized spacial score (nSPS) is 12.9. The van der Waals surface area contributed by atoms with E-state index in [1.54, 1.807) is 0 Å². The third-order valence-electron chi connectivity index (χ3n) is 3.72. The number of aryl methyl sites for hydroxylation is 1. The average Bonchev–Trinajstić information content (AvgIpc) is 2.43. The molecule has 0 saturated carbocycles. The Morgan fingerprint density at radius 2 is 1.81 bits per heavy atom. The number of hydrogen-bond donors (Lipinski definition) is 1. The van der Waals surface area contributed by atoms with Crippen LogP contribution in [0.5, 0.6) is 0 Å². The van der Waals surface area contributed by atoms with E-state index in [1.807, 2.05) is 19.0 Å². The van der Waals surface area contributed by atoms with Crippen LogP contribution in [0, 0.1) is 0 Å². The Morgan fingerprint density at radius 1 is 1.19 bits per heavy atom. The van der Waals surface area contributed by atoms with Crippen molar-refractivity contribution in [3.63, 3.8) is 0 Å². The van der Waals surface area contributed by atoms with Crippen LogP contribution in [-0.4, -0.2) is 54.6 Å². The molecule has 0 aromatic heterocycles. The highest BCUT2D eigenvalue weighted by Crippen LogP contribution is 2.20. The molecule has 118 valence electrons. The smallest absolute Gasteiger partial charge is 0.317 e. The van der Waals surface area contributed by atoms with Crippen molar-refractivity contribution in [3.8, 4) is 0 Å². The minimum atomic E-state index is -0.775. The van der Waals surface area contributed by atoms with Crippen molar-refractivity contribution in [3.05, 3.63) is 35.4 Å². The van der Waals surface area contributed by atoms with Gasteiger partial charge >= 0.3 is 5.97 Å². The van der Waals surface area contributed by atoms with Gasteiger partial charge in [-0.1, -0.05) is 37.6 Å². The van der Waals surface area contributed by atoms with Crippen LogP contribution < -0.4 is 0 Å². The largest absolute Gasteiger partial charge is 0.480 e. The Balaban J connectivity index is 2.77. The summed E-state index contributed by atoms with van der Waals surface area (Å²) < 4.78 is 0.